The monoisotopic (exact) mass is 357 g/mol. The molecule has 26 heavy (non-hydrogen) atoms. The highest BCUT2D eigenvalue weighted by molar-refractivity contribution is 6.03. The maximum absolute atomic E-state index is 12.4. The van der Waals surface area contributed by atoms with E-state index in [-0.39, 0.29) is 12.3 Å². The lowest BCUT2D eigenvalue weighted by molar-refractivity contribution is -0.141. The molecular weight excluding hydrogens is 330 g/mol. The molecule has 1 amide bonds. The Hall–Kier alpha value is -2.44. The van der Waals surface area contributed by atoms with Gasteiger partial charge in [0.25, 0.3) is 0 Å². The van der Waals surface area contributed by atoms with Crippen LogP contribution in [0.5, 0.6) is 0 Å². The molecule has 2 aromatic rings. The molecule has 6 nitrogen and oxygen atoms in total. The second kappa shape index (κ2) is 9.89. The smallest absolute Gasteiger partial charge is 0.321 e. The van der Waals surface area contributed by atoms with Crippen LogP contribution in [0.4, 0.5) is 5.69 Å². The minimum absolute atomic E-state index is 0.114. The number of rotatable bonds is 10. The van der Waals surface area contributed by atoms with Crippen LogP contribution in [0.15, 0.2) is 42.5 Å². The first-order valence-corrected chi connectivity index (χ1v) is 9.01. The molecule has 0 bridgehead atoms. The van der Waals surface area contributed by atoms with Crippen molar-refractivity contribution in [2.24, 2.45) is 0 Å². The molecular formula is C20H27N3O3. The Morgan fingerprint density at radius 3 is 2.46 bits per heavy atom. The van der Waals surface area contributed by atoms with E-state index in [1.165, 1.54) is 0 Å². The number of nitrogens with zero attached hydrogens (tertiary/aromatic N) is 1. The van der Waals surface area contributed by atoms with Crippen molar-refractivity contribution in [1.29, 1.82) is 0 Å². The highest BCUT2D eigenvalue weighted by Crippen LogP contribution is 2.23. The quantitative estimate of drug-likeness (QED) is 0.609. The van der Waals surface area contributed by atoms with Gasteiger partial charge in [-0.05, 0) is 24.5 Å². The molecule has 0 radical (unpaired) electrons. The molecule has 6 heteroatoms. The van der Waals surface area contributed by atoms with Crippen LogP contribution in [0.1, 0.15) is 20.3 Å². The summed E-state index contributed by atoms with van der Waals surface area (Å²) < 4.78 is 0. The third-order valence-electron chi connectivity index (χ3n) is 4.46. The van der Waals surface area contributed by atoms with E-state index >= 15 is 0 Å². The number of anilines is 1. The van der Waals surface area contributed by atoms with Gasteiger partial charge in [-0.15, -0.1) is 0 Å². The number of fused-ring (bicyclic) bond motifs is 1. The van der Waals surface area contributed by atoms with Crippen molar-refractivity contribution in [1.82, 2.24) is 10.2 Å². The summed E-state index contributed by atoms with van der Waals surface area (Å²) in [5.74, 6) is -1.33. The SMILES string of the molecule is CCN(CC)CCN[C@@H](CC(=O)Nc1cccc2ccccc12)C(=O)O. The van der Waals surface area contributed by atoms with Crippen molar-refractivity contribution in [2.75, 3.05) is 31.5 Å². The normalized spacial score (nSPS) is 12.3. The maximum Gasteiger partial charge on any atom is 0.321 e. The van der Waals surface area contributed by atoms with Crippen molar-refractivity contribution < 1.29 is 14.7 Å². The van der Waals surface area contributed by atoms with Gasteiger partial charge < -0.3 is 20.6 Å². The predicted molar refractivity (Wildman–Crippen MR) is 104 cm³/mol. The van der Waals surface area contributed by atoms with E-state index in [4.69, 9.17) is 0 Å². The molecule has 0 aromatic heterocycles. The second-order valence-corrected chi connectivity index (χ2v) is 6.15. The van der Waals surface area contributed by atoms with E-state index < -0.39 is 12.0 Å². The number of hydrogen-bond acceptors (Lipinski definition) is 4. The number of carboxylic acid groups (broad SMARTS) is 1. The van der Waals surface area contributed by atoms with Crippen molar-refractivity contribution in [3.8, 4) is 0 Å². The summed E-state index contributed by atoms with van der Waals surface area (Å²) in [6.07, 6.45) is -0.114. The first-order valence-electron chi connectivity index (χ1n) is 9.01. The Kier molecular flexibility index (Phi) is 7.56. The summed E-state index contributed by atoms with van der Waals surface area (Å²) in [7, 11) is 0. The third kappa shape index (κ3) is 5.54. The van der Waals surface area contributed by atoms with Crippen LogP contribution in [0.3, 0.4) is 0 Å². The number of nitrogens with one attached hydrogen (secondary N) is 2. The standard InChI is InChI=1S/C20H27N3O3/c1-3-23(4-2)13-12-21-18(20(25)26)14-19(24)22-17-11-7-9-15-8-5-6-10-16(15)17/h5-11,18,21H,3-4,12-14H2,1-2H3,(H,22,24)(H,25,26)/t18-/m0/s1. The van der Waals surface area contributed by atoms with Crippen LogP contribution in [0.2, 0.25) is 0 Å². The molecule has 140 valence electrons. The largest absolute Gasteiger partial charge is 0.480 e. The molecule has 0 aliphatic heterocycles. The van der Waals surface area contributed by atoms with Crippen LogP contribution in [0.25, 0.3) is 10.8 Å². The summed E-state index contributed by atoms with van der Waals surface area (Å²) >= 11 is 0. The number of carbonyl (C=O) groups is 2. The van der Waals surface area contributed by atoms with Gasteiger partial charge in [0.1, 0.15) is 6.04 Å². The van der Waals surface area contributed by atoms with Gasteiger partial charge in [-0.3, -0.25) is 9.59 Å². The van der Waals surface area contributed by atoms with Crippen molar-refractivity contribution >= 4 is 28.3 Å². The van der Waals surface area contributed by atoms with Gasteiger partial charge >= 0.3 is 5.97 Å². The van der Waals surface area contributed by atoms with E-state index in [0.29, 0.717) is 12.2 Å². The van der Waals surface area contributed by atoms with Crippen LogP contribution in [0, 0.1) is 0 Å². The van der Waals surface area contributed by atoms with Crippen molar-refractivity contribution in [3.05, 3.63) is 42.5 Å². The third-order valence-corrected chi connectivity index (χ3v) is 4.46. The number of carboxylic acids is 1. The highest BCUT2D eigenvalue weighted by Gasteiger charge is 2.21. The molecule has 0 unspecified atom stereocenters. The zero-order valence-corrected chi connectivity index (χ0v) is 15.4. The number of hydrogen-bond donors (Lipinski definition) is 3. The lowest BCUT2D eigenvalue weighted by Gasteiger charge is -2.20. The Labute approximate surface area is 154 Å². The average Bonchev–Trinajstić information content (AvgIpc) is 2.64. The van der Waals surface area contributed by atoms with E-state index in [1.54, 1.807) is 0 Å². The Balaban J connectivity index is 1.95. The molecule has 1 atom stereocenters. The molecule has 3 N–H and O–H groups in total. The highest BCUT2D eigenvalue weighted by atomic mass is 16.4. The fourth-order valence-electron chi connectivity index (χ4n) is 2.90. The number of benzene rings is 2. The first-order chi connectivity index (χ1) is 12.5. The summed E-state index contributed by atoms with van der Waals surface area (Å²) in [6, 6.07) is 12.5. The van der Waals surface area contributed by atoms with Crippen molar-refractivity contribution in [3.63, 3.8) is 0 Å². The Bertz CT molecular complexity index is 739. The van der Waals surface area contributed by atoms with Gasteiger partial charge in [-0.2, -0.15) is 0 Å². The summed E-state index contributed by atoms with van der Waals surface area (Å²) in [5, 5.41) is 17.2. The van der Waals surface area contributed by atoms with Crippen LogP contribution in [-0.2, 0) is 9.59 Å². The molecule has 2 rings (SSSR count). The van der Waals surface area contributed by atoms with Crippen molar-refractivity contribution in [2.45, 2.75) is 26.3 Å². The maximum atomic E-state index is 12.4. The lowest BCUT2D eigenvalue weighted by Crippen LogP contribution is -2.43. The lowest BCUT2D eigenvalue weighted by atomic mass is 10.1. The number of amides is 1. The molecule has 2 aromatic carbocycles. The number of likely N-dealkylation sites (N-methyl/N-ethyl adjacent to an activating group) is 1. The minimum atomic E-state index is -1.02. The van der Waals surface area contributed by atoms with E-state index in [9.17, 15) is 14.7 Å². The van der Waals surface area contributed by atoms with Gasteiger partial charge in [-0.25, -0.2) is 0 Å². The zero-order valence-electron chi connectivity index (χ0n) is 15.4. The van der Waals surface area contributed by atoms with Gasteiger partial charge in [0, 0.05) is 24.2 Å². The molecule has 0 aliphatic rings. The van der Waals surface area contributed by atoms with Crippen LogP contribution < -0.4 is 10.6 Å². The van der Waals surface area contributed by atoms with E-state index in [2.05, 4.69) is 29.4 Å². The molecule has 0 fully saturated rings. The molecule has 0 aliphatic carbocycles. The van der Waals surface area contributed by atoms with Crippen LogP contribution >= 0.6 is 0 Å². The minimum Gasteiger partial charge on any atom is -0.480 e. The first kappa shape index (κ1) is 19.9. The van der Waals surface area contributed by atoms with Crippen LogP contribution in [-0.4, -0.2) is 54.1 Å². The molecule has 0 heterocycles. The number of aliphatic carboxylic acids is 1. The Morgan fingerprint density at radius 2 is 1.77 bits per heavy atom. The molecule has 0 spiro atoms. The van der Waals surface area contributed by atoms with Gasteiger partial charge in [0.2, 0.25) is 5.91 Å². The number of carbonyl (C=O) groups excluding carboxylic acids is 1. The molecule has 0 saturated carbocycles. The Morgan fingerprint density at radius 1 is 1.08 bits per heavy atom. The topological polar surface area (TPSA) is 81.7 Å². The van der Waals surface area contributed by atoms with E-state index in [0.717, 1.165) is 30.4 Å². The summed E-state index contributed by atoms with van der Waals surface area (Å²) in [6.45, 7) is 7.24. The van der Waals surface area contributed by atoms with Gasteiger partial charge in [0.15, 0.2) is 0 Å². The van der Waals surface area contributed by atoms with Gasteiger partial charge in [-0.1, -0.05) is 50.2 Å². The molecule has 0 saturated heterocycles. The average molecular weight is 357 g/mol. The van der Waals surface area contributed by atoms with Gasteiger partial charge in [0.05, 0.1) is 6.42 Å². The second-order valence-electron chi connectivity index (χ2n) is 6.15. The summed E-state index contributed by atoms with van der Waals surface area (Å²) in [4.78, 5) is 26.0. The fraction of sp³-hybridized carbons (Fsp3) is 0.400. The zero-order chi connectivity index (χ0) is 18.9. The fourth-order valence-corrected chi connectivity index (χ4v) is 2.90. The predicted octanol–water partition coefficient (Wildman–Crippen LogP) is 2.55. The summed E-state index contributed by atoms with van der Waals surface area (Å²) in [5.41, 5.74) is 0.695. The van der Waals surface area contributed by atoms with E-state index in [1.807, 2.05) is 42.5 Å².